The summed E-state index contributed by atoms with van der Waals surface area (Å²) in [7, 11) is 1.58. The van der Waals surface area contributed by atoms with Gasteiger partial charge in [-0.3, -0.25) is 4.79 Å². The fourth-order valence-corrected chi connectivity index (χ4v) is 2.41. The Labute approximate surface area is 102 Å². The quantitative estimate of drug-likeness (QED) is 0.879. The minimum absolute atomic E-state index is 0.115. The predicted molar refractivity (Wildman–Crippen MR) is 66.7 cm³/mol. The number of likely N-dealkylation sites (N-methyl/N-ethyl adjacent to an activating group) is 1. The van der Waals surface area contributed by atoms with Crippen LogP contribution in [0.1, 0.15) is 6.92 Å². The van der Waals surface area contributed by atoms with Crippen molar-refractivity contribution in [2.24, 2.45) is 0 Å². The Kier molecular flexibility index (Phi) is 3.23. The van der Waals surface area contributed by atoms with Gasteiger partial charge in [-0.25, -0.2) is 9.37 Å². The molecule has 0 saturated heterocycles. The topological polar surface area (TPSA) is 54.0 Å². The van der Waals surface area contributed by atoms with Crippen molar-refractivity contribution >= 4 is 32.6 Å². The molecule has 2 rings (SSSR count). The van der Waals surface area contributed by atoms with E-state index in [9.17, 15) is 9.18 Å². The number of nitrogens with zero attached hydrogens (tertiary/aromatic N) is 1. The molecule has 0 radical (unpaired) electrons. The lowest BCUT2D eigenvalue weighted by molar-refractivity contribution is -0.121. The molecule has 4 nitrogen and oxygen atoms in total. The van der Waals surface area contributed by atoms with Crippen molar-refractivity contribution in [2.75, 3.05) is 12.4 Å². The van der Waals surface area contributed by atoms with Crippen molar-refractivity contribution in [1.82, 2.24) is 10.3 Å². The Balaban J connectivity index is 2.22. The molecule has 0 aliphatic rings. The number of nitrogens with one attached hydrogen (secondary N) is 2. The molecular weight excluding hydrogens is 241 g/mol. The molecule has 0 aliphatic carbocycles. The van der Waals surface area contributed by atoms with E-state index in [0.717, 1.165) is 10.2 Å². The van der Waals surface area contributed by atoms with Crippen LogP contribution in [0, 0.1) is 5.82 Å². The lowest BCUT2D eigenvalue weighted by Crippen LogP contribution is -2.35. The summed E-state index contributed by atoms with van der Waals surface area (Å²) in [5.74, 6) is -0.400. The highest BCUT2D eigenvalue weighted by atomic mass is 32.1. The average Bonchev–Trinajstić information content (AvgIpc) is 2.69. The number of hydrogen-bond acceptors (Lipinski definition) is 4. The highest BCUT2D eigenvalue weighted by Gasteiger charge is 2.13. The lowest BCUT2D eigenvalue weighted by Gasteiger charge is -2.10. The van der Waals surface area contributed by atoms with Gasteiger partial charge in [-0.2, -0.15) is 0 Å². The molecule has 1 aromatic heterocycles. The number of hydrogen-bond donors (Lipinski definition) is 2. The second kappa shape index (κ2) is 4.67. The highest BCUT2D eigenvalue weighted by Crippen LogP contribution is 2.26. The number of aromatic nitrogens is 1. The Bertz CT molecular complexity index is 555. The third kappa shape index (κ3) is 2.52. The van der Waals surface area contributed by atoms with Gasteiger partial charge in [0, 0.05) is 7.05 Å². The van der Waals surface area contributed by atoms with E-state index in [-0.39, 0.29) is 17.8 Å². The van der Waals surface area contributed by atoms with Crippen LogP contribution in [0.3, 0.4) is 0 Å². The summed E-state index contributed by atoms with van der Waals surface area (Å²) in [6, 6.07) is 4.05. The lowest BCUT2D eigenvalue weighted by atomic mass is 10.3. The number of halogens is 1. The van der Waals surface area contributed by atoms with Crippen LogP contribution in [0.15, 0.2) is 18.2 Å². The van der Waals surface area contributed by atoms with Gasteiger partial charge in [0.1, 0.15) is 11.9 Å². The SMILES string of the molecule is CNC(=O)C(C)Nc1nc2ccc(F)cc2s1. The molecule has 1 amide bonds. The normalized spacial score (nSPS) is 12.4. The summed E-state index contributed by atoms with van der Waals surface area (Å²) in [6.45, 7) is 1.74. The molecule has 1 atom stereocenters. The second-order valence-corrected chi connectivity index (χ2v) is 4.64. The summed E-state index contributed by atoms with van der Waals surface area (Å²) >= 11 is 1.33. The van der Waals surface area contributed by atoms with E-state index in [1.807, 2.05) is 0 Å². The van der Waals surface area contributed by atoms with Gasteiger partial charge in [0.15, 0.2) is 5.13 Å². The maximum absolute atomic E-state index is 13.0. The molecule has 0 fully saturated rings. The maximum atomic E-state index is 13.0. The van der Waals surface area contributed by atoms with Crippen LogP contribution in [-0.4, -0.2) is 24.0 Å². The largest absolute Gasteiger partial charge is 0.357 e. The van der Waals surface area contributed by atoms with E-state index in [0.29, 0.717) is 5.13 Å². The molecular formula is C11H12FN3OS. The van der Waals surface area contributed by atoms with E-state index in [2.05, 4.69) is 15.6 Å². The number of thiazole rings is 1. The molecule has 0 aliphatic heterocycles. The summed E-state index contributed by atoms with van der Waals surface area (Å²) < 4.78 is 13.7. The van der Waals surface area contributed by atoms with Crippen molar-refractivity contribution in [3.05, 3.63) is 24.0 Å². The number of carbonyl (C=O) groups excluding carboxylic acids is 1. The molecule has 90 valence electrons. The molecule has 17 heavy (non-hydrogen) atoms. The monoisotopic (exact) mass is 253 g/mol. The Morgan fingerprint density at radius 2 is 2.29 bits per heavy atom. The summed E-state index contributed by atoms with van der Waals surface area (Å²) in [5.41, 5.74) is 0.725. The maximum Gasteiger partial charge on any atom is 0.242 e. The first kappa shape index (κ1) is 11.8. The third-order valence-electron chi connectivity index (χ3n) is 2.33. The van der Waals surface area contributed by atoms with E-state index in [1.165, 1.54) is 23.5 Å². The first-order chi connectivity index (χ1) is 8.10. The molecule has 1 heterocycles. The number of fused-ring (bicyclic) bond motifs is 1. The van der Waals surface area contributed by atoms with Crippen LogP contribution in [0.4, 0.5) is 9.52 Å². The van der Waals surface area contributed by atoms with Gasteiger partial charge >= 0.3 is 0 Å². The number of amides is 1. The average molecular weight is 253 g/mol. The summed E-state index contributed by atoms with van der Waals surface area (Å²) in [6.07, 6.45) is 0. The molecule has 6 heteroatoms. The van der Waals surface area contributed by atoms with Crippen molar-refractivity contribution in [3.8, 4) is 0 Å². The van der Waals surface area contributed by atoms with Crippen molar-refractivity contribution in [3.63, 3.8) is 0 Å². The molecule has 0 spiro atoms. The zero-order valence-corrected chi connectivity index (χ0v) is 10.3. The number of carbonyl (C=O) groups is 1. The fraction of sp³-hybridized carbons (Fsp3) is 0.273. The molecule has 0 saturated carbocycles. The van der Waals surface area contributed by atoms with Gasteiger partial charge in [0.2, 0.25) is 5.91 Å². The van der Waals surface area contributed by atoms with E-state index < -0.39 is 0 Å². The molecule has 2 N–H and O–H groups in total. The smallest absolute Gasteiger partial charge is 0.242 e. The first-order valence-corrected chi connectivity index (χ1v) is 5.96. The first-order valence-electron chi connectivity index (χ1n) is 5.14. The van der Waals surface area contributed by atoms with Crippen LogP contribution in [-0.2, 0) is 4.79 Å². The van der Waals surface area contributed by atoms with Crippen molar-refractivity contribution < 1.29 is 9.18 Å². The zero-order chi connectivity index (χ0) is 12.4. The summed E-state index contributed by atoms with van der Waals surface area (Å²) in [4.78, 5) is 15.6. The van der Waals surface area contributed by atoms with Crippen molar-refractivity contribution in [1.29, 1.82) is 0 Å². The Morgan fingerprint density at radius 1 is 1.53 bits per heavy atom. The van der Waals surface area contributed by atoms with Gasteiger partial charge < -0.3 is 10.6 Å². The van der Waals surface area contributed by atoms with E-state index in [1.54, 1.807) is 20.0 Å². The van der Waals surface area contributed by atoms with Gasteiger partial charge in [-0.15, -0.1) is 0 Å². The molecule has 1 aromatic carbocycles. The number of benzene rings is 1. The van der Waals surface area contributed by atoms with Crippen LogP contribution in [0.5, 0.6) is 0 Å². The highest BCUT2D eigenvalue weighted by molar-refractivity contribution is 7.22. The van der Waals surface area contributed by atoms with Gasteiger partial charge in [-0.05, 0) is 25.1 Å². The van der Waals surface area contributed by atoms with Gasteiger partial charge in [0.05, 0.1) is 10.2 Å². The van der Waals surface area contributed by atoms with Crippen molar-refractivity contribution in [2.45, 2.75) is 13.0 Å². The molecule has 0 bridgehead atoms. The van der Waals surface area contributed by atoms with Crippen LogP contribution in [0.2, 0.25) is 0 Å². The van der Waals surface area contributed by atoms with Crippen LogP contribution < -0.4 is 10.6 Å². The Morgan fingerprint density at radius 3 is 3.00 bits per heavy atom. The second-order valence-electron chi connectivity index (χ2n) is 3.61. The standard InChI is InChI=1S/C11H12FN3OS/c1-6(10(16)13-2)14-11-15-8-4-3-7(12)5-9(8)17-11/h3-6H,1-2H3,(H,13,16)(H,14,15). The third-order valence-corrected chi connectivity index (χ3v) is 3.28. The minimum atomic E-state index is -0.370. The minimum Gasteiger partial charge on any atom is -0.357 e. The van der Waals surface area contributed by atoms with Gasteiger partial charge in [0.25, 0.3) is 0 Å². The van der Waals surface area contributed by atoms with E-state index >= 15 is 0 Å². The number of anilines is 1. The van der Waals surface area contributed by atoms with E-state index in [4.69, 9.17) is 0 Å². The van der Waals surface area contributed by atoms with Crippen LogP contribution >= 0.6 is 11.3 Å². The Hall–Kier alpha value is -1.69. The molecule has 2 aromatic rings. The summed E-state index contributed by atoms with van der Waals surface area (Å²) in [5, 5.41) is 6.13. The predicted octanol–water partition coefficient (Wildman–Crippen LogP) is 1.98. The van der Waals surface area contributed by atoms with Crippen LogP contribution in [0.25, 0.3) is 10.2 Å². The van der Waals surface area contributed by atoms with Gasteiger partial charge in [-0.1, -0.05) is 11.3 Å². The molecule has 1 unspecified atom stereocenters. The fourth-order valence-electron chi connectivity index (χ4n) is 1.43. The zero-order valence-electron chi connectivity index (χ0n) is 9.45. The number of rotatable bonds is 3.